The van der Waals surface area contributed by atoms with Crippen LogP contribution in [0.3, 0.4) is 0 Å². The Balaban J connectivity index is 1.58. The molecular weight excluding hydrogens is 398 g/mol. The van der Waals surface area contributed by atoms with Gasteiger partial charge in [-0.1, -0.05) is 49.4 Å². The smallest absolute Gasteiger partial charge is 0.327 e. The van der Waals surface area contributed by atoms with E-state index in [0.29, 0.717) is 11.3 Å². The molecule has 0 aromatic heterocycles. The predicted octanol–water partition coefficient (Wildman–Crippen LogP) is 2.59. The number of ether oxygens (including phenoxy) is 1. The summed E-state index contributed by atoms with van der Waals surface area (Å²) in [6, 6.07) is 15.4. The fourth-order valence-electron chi connectivity index (χ4n) is 3.29. The highest BCUT2D eigenvalue weighted by molar-refractivity contribution is 6.09. The third kappa shape index (κ3) is 4.74. The first-order valence-electron chi connectivity index (χ1n) is 10.0. The maximum Gasteiger partial charge on any atom is 0.327 e. The molecule has 2 atom stereocenters. The van der Waals surface area contributed by atoms with Crippen LogP contribution in [-0.2, 0) is 31.1 Å². The van der Waals surface area contributed by atoms with Gasteiger partial charge in [0.1, 0.15) is 12.1 Å². The predicted molar refractivity (Wildman–Crippen MR) is 114 cm³/mol. The molecule has 1 fully saturated rings. The monoisotopic (exact) mass is 423 g/mol. The van der Waals surface area contributed by atoms with Crippen LogP contribution in [0, 0.1) is 0 Å². The normalized spacial score (nSPS) is 19.0. The van der Waals surface area contributed by atoms with Gasteiger partial charge in [-0.2, -0.15) is 0 Å². The number of imide groups is 1. The lowest BCUT2D eigenvalue weighted by molar-refractivity contribution is -0.155. The molecule has 0 unspecified atom stereocenters. The highest BCUT2D eigenvalue weighted by Crippen LogP contribution is 2.28. The van der Waals surface area contributed by atoms with E-state index in [2.05, 4.69) is 10.6 Å². The SMILES string of the molecule is CCc1ccc(NC(=O)[C@H](C)OC(=O)CN2C(=O)N[C@](C)(c3ccccc3)C2=O)cc1. The number of amides is 4. The fraction of sp³-hybridized carbons (Fsp3) is 0.304. The lowest BCUT2D eigenvalue weighted by atomic mass is 9.92. The minimum Gasteiger partial charge on any atom is -0.451 e. The summed E-state index contributed by atoms with van der Waals surface area (Å²) < 4.78 is 5.14. The largest absolute Gasteiger partial charge is 0.451 e. The van der Waals surface area contributed by atoms with Crippen LogP contribution in [0.5, 0.6) is 0 Å². The van der Waals surface area contributed by atoms with Gasteiger partial charge in [0.05, 0.1) is 0 Å². The number of rotatable bonds is 7. The van der Waals surface area contributed by atoms with Crippen molar-refractivity contribution in [2.45, 2.75) is 38.8 Å². The van der Waals surface area contributed by atoms with Gasteiger partial charge < -0.3 is 15.4 Å². The summed E-state index contributed by atoms with van der Waals surface area (Å²) in [5.74, 6) is -1.93. The maximum atomic E-state index is 12.8. The fourth-order valence-corrected chi connectivity index (χ4v) is 3.29. The van der Waals surface area contributed by atoms with Crippen molar-refractivity contribution >= 4 is 29.5 Å². The van der Waals surface area contributed by atoms with Crippen molar-refractivity contribution < 1.29 is 23.9 Å². The maximum absolute atomic E-state index is 12.8. The average Bonchev–Trinajstić information content (AvgIpc) is 2.98. The summed E-state index contributed by atoms with van der Waals surface area (Å²) in [5, 5.41) is 5.29. The molecule has 1 aliphatic heterocycles. The van der Waals surface area contributed by atoms with Gasteiger partial charge in [0, 0.05) is 5.69 Å². The second-order valence-electron chi connectivity index (χ2n) is 7.48. The van der Waals surface area contributed by atoms with Crippen LogP contribution < -0.4 is 10.6 Å². The molecule has 2 aromatic rings. The third-order valence-corrected chi connectivity index (χ3v) is 5.22. The van der Waals surface area contributed by atoms with Crippen LogP contribution in [-0.4, -0.2) is 41.4 Å². The van der Waals surface area contributed by atoms with Crippen LogP contribution in [0.4, 0.5) is 10.5 Å². The van der Waals surface area contributed by atoms with Gasteiger partial charge in [0.25, 0.3) is 11.8 Å². The van der Waals surface area contributed by atoms with E-state index in [1.165, 1.54) is 6.92 Å². The van der Waals surface area contributed by atoms with E-state index in [-0.39, 0.29) is 0 Å². The molecule has 2 N–H and O–H groups in total. The first kappa shape index (κ1) is 22.0. The number of hydrogen-bond donors (Lipinski definition) is 2. The molecule has 0 spiro atoms. The summed E-state index contributed by atoms with van der Waals surface area (Å²) in [4.78, 5) is 50.6. The number of hydrogen-bond acceptors (Lipinski definition) is 5. The van der Waals surface area contributed by atoms with Gasteiger partial charge >= 0.3 is 12.0 Å². The number of nitrogens with one attached hydrogen (secondary N) is 2. The molecule has 1 heterocycles. The lowest BCUT2D eigenvalue weighted by Crippen LogP contribution is -2.42. The zero-order valence-electron chi connectivity index (χ0n) is 17.7. The summed E-state index contributed by atoms with van der Waals surface area (Å²) >= 11 is 0. The van der Waals surface area contributed by atoms with E-state index in [9.17, 15) is 19.2 Å². The number of benzene rings is 2. The number of anilines is 1. The number of aryl methyl sites for hydroxylation is 1. The Labute approximate surface area is 180 Å². The molecule has 3 rings (SSSR count). The van der Waals surface area contributed by atoms with Gasteiger partial charge in [-0.25, -0.2) is 4.79 Å². The zero-order valence-corrected chi connectivity index (χ0v) is 17.7. The van der Waals surface area contributed by atoms with E-state index >= 15 is 0 Å². The summed E-state index contributed by atoms with van der Waals surface area (Å²) in [7, 11) is 0. The van der Waals surface area contributed by atoms with Crippen molar-refractivity contribution in [1.29, 1.82) is 0 Å². The van der Waals surface area contributed by atoms with Gasteiger partial charge in [0.15, 0.2) is 6.10 Å². The van der Waals surface area contributed by atoms with E-state index in [1.807, 2.05) is 19.1 Å². The number of nitrogens with zero attached hydrogens (tertiary/aromatic N) is 1. The molecule has 0 aliphatic carbocycles. The second kappa shape index (κ2) is 8.99. The molecular formula is C23H25N3O5. The molecule has 0 saturated carbocycles. The van der Waals surface area contributed by atoms with Crippen molar-refractivity contribution in [3.63, 3.8) is 0 Å². The Kier molecular flexibility index (Phi) is 6.39. The van der Waals surface area contributed by atoms with Crippen LogP contribution in [0.15, 0.2) is 54.6 Å². The van der Waals surface area contributed by atoms with E-state index in [1.54, 1.807) is 49.4 Å². The van der Waals surface area contributed by atoms with Gasteiger partial charge in [-0.3, -0.25) is 19.3 Å². The quantitative estimate of drug-likeness (QED) is 0.526. The van der Waals surface area contributed by atoms with Crippen LogP contribution in [0.25, 0.3) is 0 Å². The Bertz CT molecular complexity index is 990. The number of carbonyl (C=O) groups excluding carboxylic acids is 4. The molecule has 1 saturated heterocycles. The van der Waals surface area contributed by atoms with Crippen molar-refractivity contribution in [3.8, 4) is 0 Å². The Morgan fingerprint density at radius 2 is 1.74 bits per heavy atom. The molecule has 1 aliphatic rings. The van der Waals surface area contributed by atoms with Crippen molar-refractivity contribution in [2.75, 3.05) is 11.9 Å². The zero-order chi connectivity index (χ0) is 22.6. The second-order valence-corrected chi connectivity index (χ2v) is 7.48. The number of carbonyl (C=O) groups is 4. The summed E-state index contributed by atoms with van der Waals surface area (Å²) in [5.41, 5.74) is 1.05. The van der Waals surface area contributed by atoms with Crippen LogP contribution >= 0.6 is 0 Å². The Hall–Kier alpha value is -3.68. The first-order chi connectivity index (χ1) is 14.7. The molecule has 8 nitrogen and oxygen atoms in total. The average molecular weight is 423 g/mol. The lowest BCUT2D eigenvalue weighted by Gasteiger charge is -2.22. The van der Waals surface area contributed by atoms with Crippen LogP contribution in [0.2, 0.25) is 0 Å². The highest BCUT2D eigenvalue weighted by Gasteiger charge is 2.49. The van der Waals surface area contributed by atoms with Gasteiger partial charge in [0.2, 0.25) is 0 Å². The Morgan fingerprint density at radius 1 is 1.10 bits per heavy atom. The highest BCUT2D eigenvalue weighted by atomic mass is 16.5. The summed E-state index contributed by atoms with van der Waals surface area (Å²) in [6.45, 7) is 4.44. The van der Waals surface area contributed by atoms with Crippen molar-refractivity contribution in [3.05, 3.63) is 65.7 Å². The van der Waals surface area contributed by atoms with Crippen LogP contribution in [0.1, 0.15) is 31.9 Å². The molecule has 31 heavy (non-hydrogen) atoms. The molecule has 4 amide bonds. The topological polar surface area (TPSA) is 105 Å². The van der Waals surface area contributed by atoms with E-state index in [4.69, 9.17) is 4.74 Å². The minimum atomic E-state index is -1.27. The Morgan fingerprint density at radius 3 is 2.35 bits per heavy atom. The minimum absolute atomic E-state index is 0.510. The summed E-state index contributed by atoms with van der Waals surface area (Å²) in [6.07, 6.45) is -0.214. The number of esters is 1. The standard InChI is InChI=1S/C23H25N3O5/c1-4-16-10-12-18(13-11-16)24-20(28)15(2)31-19(27)14-26-21(29)23(3,25-22(26)30)17-8-6-5-7-9-17/h5-13,15H,4,14H2,1-3H3,(H,24,28)(H,25,30)/t15-,23+/m0/s1. The van der Waals surface area contributed by atoms with Crippen molar-refractivity contribution in [1.82, 2.24) is 10.2 Å². The molecule has 2 aromatic carbocycles. The van der Waals surface area contributed by atoms with Gasteiger partial charge in [-0.05, 0) is 43.5 Å². The molecule has 0 bridgehead atoms. The molecule has 162 valence electrons. The van der Waals surface area contributed by atoms with Crippen molar-refractivity contribution in [2.24, 2.45) is 0 Å². The molecule has 0 radical (unpaired) electrons. The first-order valence-corrected chi connectivity index (χ1v) is 10.0. The third-order valence-electron chi connectivity index (χ3n) is 5.22. The van der Waals surface area contributed by atoms with E-state index in [0.717, 1.165) is 16.9 Å². The number of urea groups is 1. The van der Waals surface area contributed by atoms with E-state index < -0.39 is 42.0 Å². The molecule has 8 heteroatoms. The van der Waals surface area contributed by atoms with Gasteiger partial charge in [-0.15, -0.1) is 0 Å².